The van der Waals surface area contributed by atoms with Gasteiger partial charge in [-0.25, -0.2) is 4.79 Å². The Morgan fingerprint density at radius 2 is 2.00 bits per heavy atom. The van der Waals surface area contributed by atoms with Crippen molar-refractivity contribution in [2.24, 2.45) is 0 Å². The number of aromatic hydroxyl groups is 1. The van der Waals surface area contributed by atoms with Gasteiger partial charge in [0.05, 0.1) is 12.1 Å². The minimum Gasteiger partial charge on any atom is -0.508 e. The minimum atomic E-state index is -1.13. The van der Waals surface area contributed by atoms with Crippen molar-refractivity contribution in [2.75, 3.05) is 6.54 Å². The highest BCUT2D eigenvalue weighted by atomic mass is 16.4. The van der Waals surface area contributed by atoms with Crippen LogP contribution in [-0.2, 0) is 16.0 Å². The molecule has 0 spiro atoms. The van der Waals surface area contributed by atoms with E-state index in [1.54, 1.807) is 12.1 Å². The molecule has 21 heavy (non-hydrogen) atoms. The number of β-amino-alcohol motifs (C(OH)–C–C–N with tert-alkyl or cyclic N) is 1. The number of carboxylic acid groups (broad SMARTS) is 1. The van der Waals surface area contributed by atoms with Gasteiger partial charge in [0, 0.05) is 13.0 Å². The number of benzene rings is 1. The monoisotopic (exact) mass is 294 g/mol. The van der Waals surface area contributed by atoms with Crippen LogP contribution in [0, 0.1) is 0 Å². The molecule has 1 heterocycles. The Kier molecular flexibility index (Phi) is 4.77. The molecule has 2 rings (SSSR count). The van der Waals surface area contributed by atoms with Gasteiger partial charge >= 0.3 is 5.97 Å². The van der Waals surface area contributed by atoms with Crippen LogP contribution < -0.4 is 10.6 Å². The summed E-state index contributed by atoms with van der Waals surface area (Å²) in [5, 5.41) is 33.1. The summed E-state index contributed by atoms with van der Waals surface area (Å²) < 4.78 is 0. The molecule has 0 aromatic heterocycles. The molecule has 114 valence electrons. The number of carboxylic acids is 1. The number of aliphatic hydroxyl groups is 1. The lowest BCUT2D eigenvalue weighted by Gasteiger charge is -2.17. The largest absolute Gasteiger partial charge is 0.508 e. The molecule has 7 nitrogen and oxygen atoms in total. The molecule has 0 aliphatic carbocycles. The van der Waals surface area contributed by atoms with Gasteiger partial charge in [-0.2, -0.15) is 0 Å². The average Bonchev–Trinajstić information content (AvgIpc) is 2.87. The maximum Gasteiger partial charge on any atom is 0.326 e. The first-order chi connectivity index (χ1) is 9.95. The van der Waals surface area contributed by atoms with Crippen molar-refractivity contribution in [3.8, 4) is 5.75 Å². The Labute approximate surface area is 121 Å². The summed E-state index contributed by atoms with van der Waals surface area (Å²) in [6, 6.07) is 4.52. The highest BCUT2D eigenvalue weighted by Gasteiger charge is 2.30. The molecule has 0 saturated carbocycles. The Balaban J connectivity index is 1.97. The van der Waals surface area contributed by atoms with Gasteiger partial charge in [-0.3, -0.25) is 4.79 Å². The normalized spacial score (nSPS) is 22.7. The summed E-state index contributed by atoms with van der Waals surface area (Å²) in [6.45, 7) is 0.327. The molecule has 0 radical (unpaired) electrons. The molecule has 1 aliphatic rings. The molecule has 1 saturated heterocycles. The third kappa shape index (κ3) is 4.17. The van der Waals surface area contributed by atoms with E-state index in [1.807, 2.05) is 0 Å². The van der Waals surface area contributed by atoms with Gasteiger partial charge in [-0.15, -0.1) is 0 Å². The number of aliphatic carboxylic acids is 1. The predicted octanol–water partition coefficient (Wildman–Crippen LogP) is -0.773. The predicted molar refractivity (Wildman–Crippen MR) is 73.8 cm³/mol. The minimum absolute atomic E-state index is 0.0961. The van der Waals surface area contributed by atoms with Crippen LogP contribution >= 0.6 is 0 Å². The number of carbonyl (C=O) groups is 2. The van der Waals surface area contributed by atoms with Crippen molar-refractivity contribution >= 4 is 11.9 Å². The lowest BCUT2D eigenvalue weighted by molar-refractivity contribution is -0.142. The molecule has 1 aromatic rings. The highest BCUT2D eigenvalue weighted by molar-refractivity contribution is 5.87. The molecule has 0 bridgehead atoms. The molecule has 5 N–H and O–H groups in total. The van der Waals surface area contributed by atoms with Crippen LogP contribution in [0.15, 0.2) is 24.3 Å². The quantitative estimate of drug-likeness (QED) is 0.486. The SMILES string of the molecule is O=C(N[C@H](Cc1ccc(O)cc1)C(=O)O)C1CC(O)CN1. The van der Waals surface area contributed by atoms with Crippen molar-refractivity contribution in [3.05, 3.63) is 29.8 Å². The van der Waals surface area contributed by atoms with Crippen LogP contribution in [0.25, 0.3) is 0 Å². The number of phenolic OH excluding ortho intramolecular Hbond substituents is 1. The molecule has 7 heteroatoms. The van der Waals surface area contributed by atoms with Crippen LogP contribution in [0.2, 0.25) is 0 Å². The van der Waals surface area contributed by atoms with Crippen LogP contribution in [-0.4, -0.2) is 51.9 Å². The van der Waals surface area contributed by atoms with Crippen molar-refractivity contribution in [2.45, 2.75) is 31.0 Å². The van der Waals surface area contributed by atoms with E-state index in [-0.39, 0.29) is 18.6 Å². The Hall–Kier alpha value is -2.12. The highest BCUT2D eigenvalue weighted by Crippen LogP contribution is 2.12. The van der Waals surface area contributed by atoms with Gasteiger partial charge < -0.3 is 26.0 Å². The summed E-state index contributed by atoms with van der Waals surface area (Å²) in [4.78, 5) is 23.2. The summed E-state index contributed by atoms with van der Waals surface area (Å²) in [7, 11) is 0. The van der Waals surface area contributed by atoms with Crippen LogP contribution in [0.4, 0.5) is 0 Å². The number of hydrogen-bond donors (Lipinski definition) is 5. The van der Waals surface area contributed by atoms with Crippen molar-refractivity contribution in [1.82, 2.24) is 10.6 Å². The van der Waals surface area contributed by atoms with E-state index in [2.05, 4.69) is 10.6 Å². The standard InChI is InChI=1S/C14H18N2O5/c17-9-3-1-8(2-4-9)5-12(14(20)21)16-13(19)11-6-10(18)7-15-11/h1-4,10-12,15,17-18H,5-7H2,(H,16,19)(H,20,21)/t10?,11?,12-/m1/s1. The molecule has 1 amide bonds. The first-order valence-corrected chi connectivity index (χ1v) is 6.68. The second-order valence-electron chi connectivity index (χ2n) is 5.12. The maximum atomic E-state index is 12.0. The number of amides is 1. The summed E-state index contributed by atoms with van der Waals surface area (Å²) in [5.74, 6) is -1.47. The number of nitrogens with one attached hydrogen (secondary N) is 2. The smallest absolute Gasteiger partial charge is 0.326 e. The van der Waals surface area contributed by atoms with Gasteiger partial charge in [0.2, 0.25) is 5.91 Å². The molecular formula is C14H18N2O5. The second kappa shape index (κ2) is 6.55. The lowest BCUT2D eigenvalue weighted by atomic mass is 10.0. The molecule has 1 aliphatic heterocycles. The summed E-state index contributed by atoms with van der Waals surface area (Å²) in [6.07, 6.45) is -0.185. The zero-order valence-corrected chi connectivity index (χ0v) is 11.3. The van der Waals surface area contributed by atoms with Crippen LogP contribution in [0.3, 0.4) is 0 Å². The fraction of sp³-hybridized carbons (Fsp3) is 0.429. The van der Waals surface area contributed by atoms with Crippen molar-refractivity contribution in [3.63, 3.8) is 0 Å². The van der Waals surface area contributed by atoms with E-state index in [0.717, 1.165) is 0 Å². The van der Waals surface area contributed by atoms with E-state index in [9.17, 15) is 24.9 Å². The first kappa shape index (κ1) is 15.3. The van der Waals surface area contributed by atoms with Gasteiger partial charge in [-0.05, 0) is 24.1 Å². The number of phenols is 1. The Morgan fingerprint density at radius 1 is 1.33 bits per heavy atom. The van der Waals surface area contributed by atoms with E-state index < -0.39 is 30.1 Å². The van der Waals surface area contributed by atoms with E-state index in [1.165, 1.54) is 12.1 Å². The third-order valence-electron chi connectivity index (χ3n) is 3.41. The molecule has 3 atom stereocenters. The fourth-order valence-corrected chi connectivity index (χ4v) is 2.26. The van der Waals surface area contributed by atoms with Gasteiger partial charge in [-0.1, -0.05) is 12.1 Å². The average molecular weight is 294 g/mol. The Morgan fingerprint density at radius 3 is 2.52 bits per heavy atom. The second-order valence-corrected chi connectivity index (χ2v) is 5.12. The van der Waals surface area contributed by atoms with Crippen molar-refractivity contribution in [1.29, 1.82) is 0 Å². The number of carbonyl (C=O) groups excluding carboxylic acids is 1. The molecule has 2 unspecified atom stereocenters. The van der Waals surface area contributed by atoms with E-state index in [0.29, 0.717) is 12.1 Å². The van der Waals surface area contributed by atoms with Gasteiger partial charge in [0.25, 0.3) is 0 Å². The maximum absolute atomic E-state index is 12.0. The zero-order valence-electron chi connectivity index (χ0n) is 11.3. The van der Waals surface area contributed by atoms with Crippen LogP contribution in [0.5, 0.6) is 5.75 Å². The summed E-state index contributed by atoms with van der Waals surface area (Å²) >= 11 is 0. The van der Waals surface area contributed by atoms with E-state index in [4.69, 9.17) is 0 Å². The van der Waals surface area contributed by atoms with Gasteiger partial charge in [0.15, 0.2) is 0 Å². The first-order valence-electron chi connectivity index (χ1n) is 6.68. The van der Waals surface area contributed by atoms with Gasteiger partial charge in [0.1, 0.15) is 11.8 Å². The van der Waals surface area contributed by atoms with Crippen molar-refractivity contribution < 1.29 is 24.9 Å². The molecule has 1 aromatic carbocycles. The zero-order chi connectivity index (χ0) is 15.4. The molecule has 1 fully saturated rings. The Bertz CT molecular complexity index is 517. The topological polar surface area (TPSA) is 119 Å². The van der Waals surface area contributed by atoms with E-state index >= 15 is 0 Å². The number of aliphatic hydroxyl groups excluding tert-OH is 1. The molecular weight excluding hydrogens is 276 g/mol. The third-order valence-corrected chi connectivity index (χ3v) is 3.41. The number of rotatable bonds is 5. The fourth-order valence-electron chi connectivity index (χ4n) is 2.26. The number of hydrogen-bond acceptors (Lipinski definition) is 5. The van der Waals surface area contributed by atoms with Crippen LogP contribution in [0.1, 0.15) is 12.0 Å². The lowest BCUT2D eigenvalue weighted by Crippen LogP contribution is -2.49. The summed E-state index contributed by atoms with van der Waals surface area (Å²) in [5.41, 5.74) is 0.694.